The lowest BCUT2D eigenvalue weighted by Crippen LogP contribution is -2.44. The predicted molar refractivity (Wildman–Crippen MR) is 92.3 cm³/mol. The molecule has 120 valence electrons. The number of benzene rings is 2. The zero-order chi connectivity index (χ0) is 16.1. The number of nitrogens with zero attached hydrogens (tertiary/aromatic N) is 2. The summed E-state index contributed by atoms with van der Waals surface area (Å²) in [7, 11) is 2.16. The number of rotatable bonds is 5. The van der Waals surface area contributed by atoms with E-state index in [4.69, 9.17) is 4.74 Å². The Morgan fingerprint density at radius 1 is 0.957 bits per heavy atom. The van der Waals surface area contributed by atoms with E-state index in [0.29, 0.717) is 12.2 Å². The molecule has 23 heavy (non-hydrogen) atoms. The van der Waals surface area contributed by atoms with E-state index in [1.54, 1.807) is 0 Å². The summed E-state index contributed by atoms with van der Waals surface area (Å²) < 4.78 is 5.81. The zero-order valence-electron chi connectivity index (χ0n) is 13.4. The number of hydrogen-bond acceptors (Lipinski definition) is 4. The number of ether oxygens (including phenoxy) is 1. The fourth-order valence-corrected chi connectivity index (χ4v) is 2.68. The predicted octanol–water partition coefficient (Wildman–Crippen LogP) is 2.83. The summed E-state index contributed by atoms with van der Waals surface area (Å²) in [5, 5.41) is 0. The van der Waals surface area contributed by atoms with Gasteiger partial charge >= 0.3 is 0 Å². The van der Waals surface area contributed by atoms with Gasteiger partial charge in [-0.1, -0.05) is 24.3 Å². The van der Waals surface area contributed by atoms with Gasteiger partial charge in [-0.25, -0.2) is 0 Å². The highest BCUT2D eigenvalue weighted by molar-refractivity contribution is 5.74. The van der Waals surface area contributed by atoms with E-state index in [-0.39, 0.29) is 0 Å². The first-order valence-electron chi connectivity index (χ1n) is 7.95. The molecule has 4 heteroatoms. The van der Waals surface area contributed by atoms with E-state index in [0.717, 1.165) is 43.8 Å². The van der Waals surface area contributed by atoms with Gasteiger partial charge < -0.3 is 14.5 Å². The third-order valence-electron chi connectivity index (χ3n) is 4.23. The first-order chi connectivity index (χ1) is 11.2. The van der Waals surface area contributed by atoms with Crippen LogP contribution in [0.4, 0.5) is 5.69 Å². The normalized spacial score (nSPS) is 15.4. The van der Waals surface area contributed by atoms with E-state index in [9.17, 15) is 4.79 Å². The van der Waals surface area contributed by atoms with E-state index < -0.39 is 0 Å². The molecule has 1 heterocycles. The number of carbonyl (C=O) groups is 1. The molecule has 0 saturated carbocycles. The minimum Gasteiger partial charge on any atom is -0.489 e. The van der Waals surface area contributed by atoms with Gasteiger partial charge in [0, 0.05) is 37.4 Å². The van der Waals surface area contributed by atoms with Gasteiger partial charge in [-0.15, -0.1) is 0 Å². The monoisotopic (exact) mass is 310 g/mol. The number of aldehydes is 1. The number of anilines is 1. The van der Waals surface area contributed by atoms with Crippen LogP contribution in [0.15, 0.2) is 48.5 Å². The van der Waals surface area contributed by atoms with Crippen LogP contribution >= 0.6 is 0 Å². The van der Waals surface area contributed by atoms with Gasteiger partial charge in [0.2, 0.25) is 0 Å². The standard InChI is InChI=1S/C19H22N2O2/c1-20-10-12-21(13-11-20)18-6-8-19(9-7-18)23-15-17-4-2-16(14-22)3-5-17/h2-9,14H,10-13,15H2,1H3. The lowest BCUT2D eigenvalue weighted by atomic mass is 10.1. The molecule has 1 aliphatic rings. The van der Waals surface area contributed by atoms with Gasteiger partial charge in [0.05, 0.1) is 0 Å². The molecule has 1 fully saturated rings. The summed E-state index contributed by atoms with van der Waals surface area (Å²) in [4.78, 5) is 15.4. The molecule has 0 bridgehead atoms. The molecular formula is C19H22N2O2. The van der Waals surface area contributed by atoms with Gasteiger partial charge in [0.15, 0.2) is 0 Å². The van der Waals surface area contributed by atoms with Crippen LogP contribution in [-0.4, -0.2) is 44.4 Å². The average Bonchev–Trinajstić information content (AvgIpc) is 2.61. The van der Waals surface area contributed by atoms with E-state index in [1.807, 2.05) is 36.4 Å². The van der Waals surface area contributed by atoms with Crippen molar-refractivity contribution < 1.29 is 9.53 Å². The summed E-state index contributed by atoms with van der Waals surface area (Å²) in [6.45, 7) is 4.86. The number of likely N-dealkylation sites (N-methyl/N-ethyl adjacent to an activating group) is 1. The lowest BCUT2D eigenvalue weighted by molar-refractivity contribution is 0.112. The van der Waals surface area contributed by atoms with Crippen LogP contribution in [0.3, 0.4) is 0 Å². The van der Waals surface area contributed by atoms with Gasteiger partial charge in [-0.05, 0) is 36.9 Å². The fourth-order valence-electron chi connectivity index (χ4n) is 2.68. The Hall–Kier alpha value is -2.33. The van der Waals surface area contributed by atoms with Crippen molar-refractivity contribution in [3.8, 4) is 5.75 Å². The minimum atomic E-state index is 0.507. The molecule has 1 aliphatic heterocycles. The maximum Gasteiger partial charge on any atom is 0.150 e. The molecule has 0 spiro atoms. The van der Waals surface area contributed by atoms with Crippen molar-refractivity contribution in [2.75, 3.05) is 38.1 Å². The third-order valence-corrected chi connectivity index (χ3v) is 4.23. The Balaban J connectivity index is 1.55. The van der Waals surface area contributed by atoms with E-state index in [1.165, 1.54) is 5.69 Å². The Kier molecular flexibility index (Phi) is 4.93. The topological polar surface area (TPSA) is 32.8 Å². The van der Waals surface area contributed by atoms with Crippen molar-refractivity contribution in [2.24, 2.45) is 0 Å². The second kappa shape index (κ2) is 7.29. The summed E-state index contributed by atoms with van der Waals surface area (Å²) in [6, 6.07) is 15.7. The van der Waals surface area contributed by atoms with Gasteiger partial charge in [0.25, 0.3) is 0 Å². The number of carbonyl (C=O) groups excluding carboxylic acids is 1. The van der Waals surface area contributed by atoms with Crippen LogP contribution in [0.1, 0.15) is 15.9 Å². The first-order valence-corrected chi connectivity index (χ1v) is 7.95. The van der Waals surface area contributed by atoms with Crippen LogP contribution in [0.2, 0.25) is 0 Å². The van der Waals surface area contributed by atoms with E-state index >= 15 is 0 Å². The molecule has 0 aromatic heterocycles. The summed E-state index contributed by atoms with van der Waals surface area (Å²) in [5.41, 5.74) is 2.99. The van der Waals surface area contributed by atoms with Gasteiger partial charge in [-0.3, -0.25) is 4.79 Å². The molecule has 3 rings (SSSR count). The minimum absolute atomic E-state index is 0.507. The van der Waals surface area contributed by atoms with Crippen molar-refractivity contribution in [3.63, 3.8) is 0 Å². The van der Waals surface area contributed by atoms with Crippen LogP contribution in [0, 0.1) is 0 Å². The van der Waals surface area contributed by atoms with Crippen LogP contribution in [0.25, 0.3) is 0 Å². The summed E-state index contributed by atoms with van der Waals surface area (Å²) in [6.07, 6.45) is 0.849. The van der Waals surface area contributed by atoms with Crippen LogP contribution in [-0.2, 0) is 6.61 Å². The Morgan fingerprint density at radius 3 is 2.22 bits per heavy atom. The maximum atomic E-state index is 10.6. The van der Waals surface area contributed by atoms with Gasteiger partial charge in [-0.2, -0.15) is 0 Å². The highest BCUT2D eigenvalue weighted by Gasteiger charge is 2.13. The molecule has 0 N–H and O–H groups in total. The smallest absolute Gasteiger partial charge is 0.150 e. The quantitative estimate of drug-likeness (QED) is 0.795. The highest BCUT2D eigenvalue weighted by atomic mass is 16.5. The van der Waals surface area contributed by atoms with Crippen molar-refractivity contribution in [1.82, 2.24) is 4.90 Å². The molecule has 0 radical (unpaired) electrons. The van der Waals surface area contributed by atoms with Crippen LogP contribution in [0.5, 0.6) is 5.75 Å². The van der Waals surface area contributed by atoms with Crippen molar-refractivity contribution in [3.05, 3.63) is 59.7 Å². The number of hydrogen-bond donors (Lipinski definition) is 0. The zero-order valence-corrected chi connectivity index (χ0v) is 13.4. The number of piperazine rings is 1. The average molecular weight is 310 g/mol. The molecule has 2 aromatic carbocycles. The Morgan fingerprint density at radius 2 is 1.61 bits per heavy atom. The van der Waals surface area contributed by atoms with Crippen LogP contribution < -0.4 is 9.64 Å². The van der Waals surface area contributed by atoms with Crippen molar-refractivity contribution in [1.29, 1.82) is 0 Å². The third kappa shape index (κ3) is 4.11. The largest absolute Gasteiger partial charge is 0.489 e. The van der Waals surface area contributed by atoms with Crippen molar-refractivity contribution >= 4 is 12.0 Å². The second-order valence-corrected chi connectivity index (χ2v) is 5.93. The van der Waals surface area contributed by atoms with Gasteiger partial charge in [0.1, 0.15) is 18.6 Å². The SMILES string of the molecule is CN1CCN(c2ccc(OCc3ccc(C=O)cc3)cc2)CC1. The molecular weight excluding hydrogens is 288 g/mol. The van der Waals surface area contributed by atoms with Crippen molar-refractivity contribution in [2.45, 2.75) is 6.61 Å². The second-order valence-electron chi connectivity index (χ2n) is 5.93. The summed E-state index contributed by atoms with van der Waals surface area (Å²) >= 11 is 0. The fraction of sp³-hybridized carbons (Fsp3) is 0.316. The Bertz CT molecular complexity index is 629. The maximum absolute atomic E-state index is 10.6. The summed E-state index contributed by atoms with van der Waals surface area (Å²) in [5.74, 6) is 0.863. The molecule has 0 atom stereocenters. The van der Waals surface area contributed by atoms with E-state index in [2.05, 4.69) is 29.0 Å². The molecule has 1 saturated heterocycles. The first kappa shape index (κ1) is 15.6. The molecule has 2 aromatic rings. The Labute approximate surface area is 137 Å². The molecule has 0 aliphatic carbocycles. The molecule has 0 amide bonds. The molecule has 4 nitrogen and oxygen atoms in total. The molecule has 0 unspecified atom stereocenters. The lowest BCUT2D eigenvalue weighted by Gasteiger charge is -2.34. The highest BCUT2D eigenvalue weighted by Crippen LogP contribution is 2.21.